The minimum Gasteiger partial charge on any atom is -0.318 e. The van der Waals surface area contributed by atoms with Crippen LogP contribution in [0.5, 0.6) is 0 Å². The van der Waals surface area contributed by atoms with Crippen LogP contribution in [0.3, 0.4) is 0 Å². The van der Waals surface area contributed by atoms with Gasteiger partial charge in [0.25, 0.3) is 0 Å². The molecule has 0 saturated carbocycles. The smallest absolute Gasteiger partial charge is 0.241 e. The summed E-state index contributed by atoms with van der Waals surface area (Å²) >= 11 is 1.84. The normalized spacial score (nSPS) is 30.0. The fourth-order valence-electron chi connectivity index (χ4n) is 3.01. The maximum absolute atomic E-state index is 13.5. The molecule has 6 heteroatoms. The van der Waals surface area contributed by atoms with Gasteiger partial charge in [-0.2, -0.15) is 11.8 Å². The van der Waals surface area contributed by atoms with E-state index in [1.54, 1.807) is 6.07 Å². The van der Waals surface area contributed by atoms with E-state index in [4.69, 9.17) is 0 Å². The Bertz CT molecular complexity index is 548. The number of carbonyl (C=O) groups is 1. The molecule has 0 aromatic heterocycles. The highest BCUT2D eigenvalue weighted by Crippen LogP contribution is 2.33. The first-order chi connectivity index (χ1) is 10.1. The molecule has 3 unspecified atom stereocenters. The lowest BCUT2D eigenvalue weighted by atomic mass is 10.1. The lowest BCUT2D eigenvalue weighted by molar-refractivity contribution is -0.131. The number of hydrogen-bond acceptors (Lipinski definition) is 3. The van der Waals surface area contributed by atoms with Crippen LogP contribution in [0.1, 0.15) is 31.5 Å². The van der Waals surface area contributed by atoms with Crippen molar-refractivity contribution in [1.29, 1.82) is 0 Å². The Labute approximate surface area is 127 Å². The highest BCUT2D eigenvalue weighted by molar-refractivity contribution is 7.99. The molecule has 3 nitrogen and oxygen atoms in total. The molecule has 3 rings (SSSR count). The number of carbonyl (C=O) groups excluding carboxylic acids is 1. The summed E-state index contributed by atoms with van der Waals surface area (Å²) in [6, 6.07) is 3.71. The summed E-state index contributed by atoms with van der Waals surface area (Å²) < 4.78 is 26.6. The van der Waals surface area contributed by atoms with Crippen LogP contribution in [0.2, 0.25) is 0 Å². The monoisotopic (exact) mass is 312 g/mol. The number of nitrogens with one attached hydrogen (secondary N) is 1. The van der Waals surface area contributed by atoms with Crippen molar-refractivity contribution < 1.29 is 13.6 Å². The maximum Gasteiger partial charge on any atom is 0.241 e. The fraction of sp³-hybridized carbons (Fsp3) is 0.533. The van der Waals surface area contributed by atoms with Crippen molar-refractivity contribution in [2.45, 2.75) is 38.0 Å². The molecular formula is C15H18F2N2OS. The van der Waals surface area contributed by atoms with Gasteiger partial charge in [0.05, 0.1) is 6.04 Å². The average molecular weight is 312 g/mol. The van der Waals surface area contributed by atoms with Gasteiger partial charge >= 0.3 is 0 Å². The fourth-order valence-corrected chi connectivity index (χ4v) is 4.15. The predicted octanol–water partition coefficient (Wildman–Crippen LogP) is 2.68. The second kappa shape index (κ2) is 5.93. The molecule has 114 valence electrons. The molecule has 2 aliphatic rings. The molecule has 1 N–H and O–H groups in total. The van der Waals surface area contributed by atoms with Gasteiger partial charge in [0, 0.05) is 11.8 Å². The molecule has 3 atom stereocenters. The molecule has 2 aliphatic heterocycles. The van der Waals surface area contributed by atoms with Gasteiger partial charge in [-0.1, -0.05) is 6.07 Å². The Morgan fingerprint density at radius 1 is 1.33 bits per heavy atom. The lowest BCUT2D eigenvalue weighted by Crippen LogP contribution is -2.42. The third-order valence-electron chi connectivity index (χ3n) is 4.10. The first kappa shape index (κ1) is 14.8. The summed E-state index contributed by atoms with van der Waals surface area (Å²) in [6.07, 6.45) is 1.68. The summed E-state index contributed by atoms with van der Waals surface area (Å²) in [5, 5.41) is 3.19. The summed E-state index contributed by atoms with van der Waals surface area (Å²) in [6.45, 7) is 1.81. The zero-order chi connectivity index (χ0) is 15.0. The summed E-state index contributed by atoms with van der Waals surface area (Å²) in [7, 11) is 0. The number of rotatable bonds is 2. The Hall–Kier alpha value is -1.14. The van der Waals surface area contributed by atoms with Crippen LogP contribution in [0.4, 0.5) is 8.78 Å². The molecule has 2 saturated heterocycles. The average Bonchev–Trinajstić information content (AvgIpc) is 2.79. The molecule has 1 aromatic carbocycles. The Balaban J connectivity index is 1.90. The standard InChI is InChI=1S/C15H18F2N2OS/c1-9-15(20)19(11-3-2-6-21-8-11)14(18-9)10-4-5-12(16)13(17)7-10/h4-5,7,9,11,14,18H,2-3,6,8H2,1H3. The topological polar surface area (TPSA) is 32.3 Å². The van der Waals surface area contributed by atoms with Gasteiger partial charge in [0.15, 0.2) is 11.6 Å². The number of hydrogen-bond donors (Lipinski definition) is 1. The minimum absolute atomic E-state index is 0.0391. The van der Waals surface area contributed by atoms with Crippen LogP contribution in [-0.4, -0.2) is 34.4 Å². The molecule has 1 aromatic rings. The number of amides is 1. The predicted molar refractivity (Wildman–Crippen MR) is 78.9 cm³/mol. The summed E-state index contributed by atoms with van der Waals surface area (Å²) in [5.74, 6) is 0.324. The molecule has 0 spiro atoms. The second-order valence-electron chi connectivity index (χ2n) is 5.58. The van der Waals surface area contributed by atoms with Crippen molar-refractivity contribution in [3.63, 3.8) is 0 Å². The van der Waals surface area contributed by atoms with Gasteiger partial charge in [0.2, 0.25) is 5.91 Å². The van der Waals surface area contributed by atoms with Crippen LogP contribution in [0.15, 0.2) is 18.2 Å². The van der Waals surface area contributed by atoms with E-state index < -0.39 is 11.6 Å². The van der Waals surface area contributed by atoms with E-state index in [1.807, 2.05) is 23.6 Å². The molecule has 0 aliphatic carbocycles. The zero-order valence-corrected chi connectivity index (χ0v) is 12.6. The second-order valence-corrected chi connectivity index (χ2v) is 6.73. The minimum atomic E-state index is -0.876. The van der Waals surface area contributed by atoms with Crippen molar-refractivity contribution in [2.75, 3.05) is 11.5 Å². The first-order valence-corrected chi connectivity index (χ1v) is 8.34. The molecule has 21 heavy (non-hydrogen) atoms. The van der Waals surface area contributed by atoms with E-state index in [1.165, 1.54) is 6.07 Å². The molecule has 0 radical (unpaired) electrons. The van der Waals surface area contributed by atoms with Crippen molar-refractivity contribution in [2.24, 2.45) is 0 Å². The van der Waals surface area contributed by atoms with Crippen molar-refractivity contribution in [3.05, 3.63) is 35.4 Å². The summed E-state index contributed by atoms with van der Waals surface area (Å²) in [4.78, 5) is 14.2. The van der Waals surface area contributed by atoms with E-state index in [0.29, 0.717) is 5.56 Å². The quantitative estimate of drug-likeness (QED) is 0.911. The van der Waals surface area contributed by atoms with E-state index in [-0.39, 0.29) is 24.2 Å². The van der Waals surface area contributed by atoms with Gasteiger partial charge in [-0.25, -0.2) is 8.78 Å². The molecule has 0 bridgehead atoms. The van der Waals surface area contributed by atoms with Crippen molar-refractivity contribution in [1.82, 2.24) is 10.2 Å². The Kier molecular flexibility index (Phi) is 4.17. The van der Waals surface area contributed by atoms with Crippen LogP contribution in [0, 0.1) is 11.6 Å². The van der Waals surface area contributed by atoms with E-state index in [9.17, 15) is 13.6 Å². The van der Waals surface area contributed by atoms with Crippen LogP contribution >= 0.6 is 11.8 Å². The Morgan fingerprint density at radius 3 is 2.81 bits per heavy atom. The van der Waals surface area contributed by atoms with E-state index >= 15 is 0 Å². The highest BCUT2D eigenvalue weighted by atomic mass is 32.2. The maximum atomic E-state index is 13.5. The third kappa shape index (κ3) is 2.79. The SMILES string of the molecule is CC1NC(c2ccc(F)c(F)c2)N(C2CCCSC2)C1=O. The van der Waals surface area contributed by atoms with Crippen LogP contribution in [0.25, 0.3) is 0 Å². The summed E-state index contributed by atoms with van der Waals surface area (Å²) in [5.41, 5.74) is 0.599. The van der Waals surface area contributed by atoms with Gasteiger partial charge in [-0.3, -0.25) is 10.1 Å². The first-order valence-electron chi connectivity index (χ1n) is 7.19. The van der Waals surface area contributed by atoms with Gasteiger partial charge in [0.1, 0.15) is 6.17 Å². The number of nitrogens with zero attached hydrogens (tertiary/aromatic N) is 1. The Morgan fingerprint density at radius 2 is 2.14 bits per heavy atom. The number of thioether (sulfide) groups is 1. The largest absolute Gasteiger partial charge is 0.318 e. The van der Waals surface area contributed by atoms with Crippen LogP contribution < -0.4 is 5.32 Å². The van der Waals surface area contributed by atoms with Crippen molar-refractivity contribution in [3.8, 4) is 0 Å². The molecule has 2 heterocycles. The van der Waals surface area contributed by atoms with Gasteiger partial charge in [-0.05, 0) is 43.2 Å². The number of benzene rings is 1. The van der Waals surface area contributed by atoms with E-state index in [2.05, 4.69) is 5.32 Å². The third-order valence-corrected chi connectivity index (χ3v) is 5.30. The molecule has 1 amide bonds. The number of halogens is 2. The van der Waals surface area contributed by atoms with E-state index in [0.717, 1.165) is 30.4 Å². The lowest BCUT2D eigenvalue weighted by Gasteiger charge is -2.35. The highest BCUT2D eigenvalue weighted by Gasteiger charge is 2.41. The van der Waals surface area contributed by atoms with Crippen molar-refractivity contribution >= 4 is 17.7 Å². The van der Waals surface area contributed by atoms with Gasteiger partial charge < -0.3 is 4.90 Å². The molecular weight excluding hydrogens is 294 g/mol. The molecule has 2 fully saturated rings. The zero-order valence-electron chi connectivity index (χ0n) is 11.8. The van der Waals surface area contributed by atoms with Crippen LogP contribution in [-0.2, 0) is 4.79 Å². The van der Waals surface area contributed by atoms with Gasteiger partial charge in [-0.15, -0.1) is 0 Å².